The summed E-state index contributed by atoms with van der Waals surface area (Å²) in [5.41, 5.74) is -0.0308. The van der Waals surface area contributed by atoms with Crippen LogP contribution in [0.25, 0.3) is 16.6 Å². The van der Waals surface area contributed by atoms with Gasteiger partial charge < -0.3 is 19.1 Å². The molecule has 10 nitrogen and oxygen atoms in total. The minimum absolute atomic E-state index is 0.0657. The summed E-state index contributed by atoms with van der Waals surface area (Å²) in [4.78, 5) is 19.1. The van der Waals surface area contributed by atoms with Gasteiger partial charge in [-0.05, 0) is 38.1 Å². The molecule has 4 rings (SSSR count). The van der Waals surface area contributed by atoms with Crippen molar-refractivity contribution in [2.24, 2.45) is 0 Å². The number of methoxy groups -OCH3 is 1. The van der Waals surface area contributed by atoms with E-state index in [0.717, 1.165) is 6.34 Å². The molecule has 3 heterocycles. The number of hydrogen-bond acceptors (Lipinski definition) is 8. The first-order chi connectivity index (χ1) is 15.4. The van der Waals surface area contributed by atoms with Gasteiger partial charge in [-0.2, -0.15) is 9.78 Å². The number of ether oxygens (including phenoxy) is 3. The number of amidine groups is 1. The number of nitrogens with zero attached hydrogens (tertiary/aromatic N) is 4. The van der Waals surface area contributed by atoms with E-state index in [1.807, 2.05) is 13.8 Å². The smallest absolute Gasteiger partial charge is 0.280 e. The van der Waals surface area contributed by atoms with Crippen molar-refractivity contribution in [1.82, 2.24) is 19.7 Å². The number of pyridine rings is 1. The van der Waals surface area contributed by atoms with Crippen molar-refractivity contribution in [3.63, 3.8) is 0 Å². The Hall–Kier alpha value is -3.79. The number of rotatable bonds is 6. The number of fused-ring (bicyclic) bond motifs is 2. The van der Waals surface area contributed by atoms with Gasteiger partial charge in [-0.15, -0.1) is 0 Å². The van der Waals surface area contributed by atoms with Gasteiger partial charge in [0.2, 0.25) is 0 Å². The highest BCUT2D eigenvalue weighted by molar-refractivity contribution is 6.01. The lowest BCUT2D eigenvalue weighted by Crippen LogP contribution is -2.36. The quantitative estimate of drug-likeness (QED) is 0.448. The van der Waals surface area contributed by atoms with Crippen molar-refractivity contribution in [2.75, 3.05) is 20.3 Å². The van der Waals surface area contributed by atoms with E-state index in [9.17, 15) is 4.79 Å². The third-order valence-electron chi connectivity index (χ3n) is 5.07. The zero-order valence-corrected chi connectivity index (χ0v) is 18.0. The lowest BCUT2D eigenvalue weighted by molar-refractivity contribution is 0.0274. The number of benzene rings is 1. The van der Waals surface area contributed by atoms with E-state index in [0.29, 0.717) is 41.2 Å². The fourth-order valence-electron chi connectivity index (χ4n) is 3.46. The van der Waals surface area contributed by atoms with Crippen molar-refractivity contribution in [1.29, 1.82) is 10.8 Å². The average molecular weight is 436 g/mol. The minimum atomic E-state index is -0.364. The van der Waals surface area contributed by atoms with Crippen molar-refractivity contribution in [2.45, 2.75) is 26.0 Å². The molecule has 2 N–H and O–H groups in total. The third kappa shape index (κ3) is 3.92. The Bertz CT molecular complexity index is 1240. The van der Waals surface area contributed by atoms with Gasteiger partial charge in [0.25, 0.3) is 5.56 Å². The van der Waals surface area contributed by atoms with Crippen LogP contribution in [0.5, 0.6) is 11.5 Å². The molecule has 32 heavy (non-hydrogen) atoms. The molecule has 1 atom stereocenters. The molecule has 0 saturated heterocycles. The molecule has 3 aromatic rings. The highest BCUT2D eigenvalue weighted by Gasteiger charge is 2.23. The van der Waals surface area contributed by atoms with E-state index >= 15 is 0 Å². The van der Waals surface area contributed by atoms with Gasteiger partial charge >= 0.3 is 0 Å². The van der Waals surface area contributed by atoms with Gasteiger partial charge in [-0.25, -0.2) is 4.98 Å². The average Bonchev–Trinajstić information content (AvgIpc) is 2.79. The second kappa shape index (κ2) is 8.75. The molecule has 166 valence electrons. The zero-order valence-electron chi connectivity index (χ0n) is 18.0. The number of aromatic nitrogens is 3. The summed E-state index contributed by atoms with van der Waals surface area (Å²) in [5.74, 6) is 1.37. The first-order valence-corrected chi connectivity index (χ1v) is 10.1. The van der Waals surface area contributed by atoms with Gasteiger partial charge in [-0.3, -0.25) is 15.6 Å². The second-order valence-electron chi connectivity index (χ2n) is 7.61. The molecule has 1 aliphatic heterocycles. The molecule has 0 radical (unpaired) electrons. The monoisotopic (exact) mass is 436 g/mol. The van der Waals surface area contributed by atoms with Crippen LogP contribution in [0, 0.1) is 10.8 Å². The Morgan fingerprint density at radius 3 is 2.91 bits per heavy atom. The molecule has 1 aromatic carbocycles. The Morgan fingerprint density at radius 1 is 1.38 bits per heavy atom. The first-order valence-electron chi connectivity index (χ1n) is 10.1. The van der Waals surface area contributed by atoms with Gasteiger partial charge in [0.05, 0.1) is 24.5 Å². The minimum Gasteiger partial charge on any atom is -0.486 e. The lowest BCUT2D eigenvalue weighted by Gasteiger charge is -2.26. The summed E-state index contributed by atoms with van der Waals surface area (Å²) in [6.07, 6.45) is 2.44. The van der Waals surface area contributed by atoms with Gasteiger partial charge in [-0.1, -0.05) is 6.07 Å². The topological polar surface area (TPSA) is 126 Å². The van der Waals surface area contributed by atoms with E-state index < -0.39 is 0 Å². The molecule has 10 heteroatoms. The van der Waals surface area contributed by atoms with Crippen molar-refractivity contribution in [3.05, 3.63) is 52.6 Å². The van der Waals surface area contributed by atoms with E-state index in [-0.39, 0.29) is 29.4 Å². The normalized spacial score (nSPS) is 15.1. The van der Waals surface area contributed by atoms with Crippen LogP contribution in [0.3, 0.4) is 0 Å². The molecule has 0 fully saturated rings. The van der Waals surface area contributed by atoms with E-state index in [1.165, 1.54) is 9.58 Å². The molecule has 0 spiro atoms. The van der Waals surface area contributed by atoms with Crippen LogP contribution >= 0.6 is 0 Å². The second-order valence-corrected chi connectivity index (χ2v) is 7.61. The molecule has 0 saturated carbocycles. The SMILES string of the molecule is COCC1COc2cc3c(=O)n(-c4cccc(C(=N)N(C=N)C(C)C)n4)ncc3cc2O1. The molecule has 1 aliphatic rings. The predicted molar refractivity (Wildman–Crippen MR) is 120 cm³/mol. The van der Waals surface area contributed by atoms with Crippen LogP contribution in [-0.2, 0) is 4.74 Å². The highest BCUT2D eigenvalue weighted by Crippen LogP contribution is 2.34. The van der Waals surface area contributed by atoms with Crippen LogP contribution in [0.2, 0.25) is 0 Å². The van der Waals surface area contributed by atoms with Crippen LogP contribution in [-0.4, -0.2) is 64.3 Å². The summed E-state index contributed by atoms with van der Waals surface area (Å²) < 4.78 is 18.0. The van der Waals surface area contributed by atoms with E-state index in [2.05, 4.69) is 10.1 Å². The highest BCUT2D eigenvalue weighted by atomic mass is 16.6. The summed E-state index contributed by atoms with van der Waals surface area (Å²) in [7, 11) is 1.60. The molecular formula is C22H24N6O4. The maximum Gasteiger partial charge on any atom is 0.280 e. The molecule has 2 aromatic heterocycles. The number of nitrogens with one attached hydrogen (secondary N) is 2. The predicted octanol–water partition coefficient (Wildman–Crippen LogP) is 2.21. The standard InChI is InChI=1S/C22H24N6O4/c1-13(2)27(12-23)21(24)17-5-4-6-20(26-17)28-22(29)16-8-18-19(7-14(16)9-25-28)32-15(10-30-3)11-31-18/h4-9,12-13,15,23-24H,10-11H2,1-3H3. The molecule has 0 aliphatic carbocycles. The molecule has 0 amide bonds. The zero-order chi connectivity index (χ0) is 22.8. The largest absolute Gasteiger partial charge is 0.486 e. The number of hydrogen-bond donors (Lipinski definition) is 2. The summed E-state index contributed by atoms with van der Waals surface area (Å²) >= 11 is 0. The fraction of sp³-hybridized carbons (Fsp3) is 0.318. The third-order valence-corrected chi connectivity index (χ3v) is 5.07. The Labute approximate surface area is 184 Å². The van der Waals surface area contributed by atoms with Gasteiger partial charge in [0, 0.05) is 18.5 Å². The van der Waals surface area contributed by atoms with Gasteiger partial charge in [0.15, 0.2) is 29.3 Å². The van der Waals surface area contributed by atoms with Crippen LogP contribution < -0.4 is 15.0 Å². The molecule has 0 bridgehead atoms. The summed E-state index contributed by atoms with van der Waals surface area (Å²) in [6.45, 7) is 4.49. The van der Waals surface area contributed by atoms with Gasteiger partial charge in [0.1, 0.15) is 12.3 Å². The van der Waals surface area contributed by atoms with Crippen molar-refractivity contribution >= 4 is 22.9 Å². The van der Waals surface area contributed by atoms with Crippen LogP contribution in [0.15, 0.2) is 41.3 Å². The maximum atomic E-state index is 13.2. The Balaban J connectivity index is 1.73. The Morgan fingerprint density at radius 2 is 2.19 bits per heavy atom. The molecule has 1 unspecified atom stereocenters. The van der Waals surface area contributed by atoms with Crippen molar-refractivity contribution < 1.29 is 14.2 Å². The Kier molecular flexibility index (Phi) is 5.87. The fourth-order valence-corrected chi connectivity index (χ4v) is 3.46. The summed E-state index contributed by atoms with van der Waals surface area (Å²) in [5, 5.41) is 21.2. The van der Waals surface area contributed by atoms with E-state index in [4.69, 9.17) is 25.0 Å². The lowest BCUT2D eigenvalue weighted by atomic mass is 10.1. The first kappa shape index (κ1) is 21.4. The molecular weight excluding hydrogens is 412 g/mol. The van der Waals surface area contributed by atoms with Crippen LogP contribution in [0.4, 0.5) is 0 Å². The summed E-state index contributed by atoms with van der Waals surface area (Å²) in [6, 6.07) is 8.31. The van der Waals surface area contributed by atoms with E-state index in [1.54, 1.807) is 43.6 Å². The van der Waals surface area contributed by atoms with Crippen LogP contribution in [0.1, 0.15) is 19.5 Å². The van der Waals surface area contributed by atoms with Crippen molar-refractivity contribution in [3.8, 4) is 17.3 Å². The maximum absolute atomic E-state index is 13.2.